The van der Waals surface area contributed by atoms with Gasteiger partial charge in [0.05, 0.1) is 31.7 Å². The fraction of sp³-hybridized carbons (Fsp3) is 0.333. The molecule has 2 aromatic carbocycles. The third-order valence-electron chi connectivity index (χ3n) is 5.40. The molecule has 0 fully saturated rings. The molecule has 1 N–H and O–H groups in total. The second-order valence-electron chi connectivity index (χ2n) is 7.90. The molecular weight excluding hydrogens is 446 g/mol. The standard InChI is InChI=1S/C27H33N3O5/c1-3-34-25-14-8-7-13-24(25)28-27(32)30(17-19-33-2)21-26(31)29(20-23-12-9-18-35-23)16-15-22-10-5-4-6-11-22/h4-14,18H,3,15-17,19-21H2,1-2H3,(H,28,32). The zero-order chi connectivity index (χ0) is 24.9. The first-order valence-corrected chi connectivity index (χ1v) is 11.7. The van der Waals surface area contributed by atoms with Gasteiger partial charge in [-0.1, -0.05) is 42.5 Å². The Hall–Kier alpha value is -3.78. The van der Waals surface area contributed by atoms with Crippen molar-refractivity contribution in [1.29, 1.82) is 0 Å². The normalized spacial score (nSPS) is 10.6. The van der Waals surface area contributed by atoms with Crippen molar-refractivity contribution in [3.8, 4) is 5.75 Å². The van der Waals surface area contributed by atoms with Crippen LogP contribution in [0.4, 0.5) is 10.5 Å². The largest absolute Gasteiger partial charge is 0.492 e. The number of rotatable bonds is 13. The number of benzene rings is 2. The first kappa shape index (κ1) is 25.8. The molecule has 0 saturated carbocycles. The van der Waals surface area contributed by atoms with E-state index in [1.807, 2.05) is 55.5 Å². The zero-order valence-corrected chi connectivity index (χ0v) is 20.3. The number of ether oxygens (including phenoxy) is 2. The van der Waals surface area contributed by atoms with Gasteiger partial charge in [-0.3, -0.25) is 4.79 Å². The third-order valence-corrected chi connectivity index (χ3v) is 5.40. The lowest BCUT2D eigenvalue weighted by Gasteiger charge is -2.27. The lowest BCUT2D eigenvalue weighted by atomic mass is 10.1. The van der Waals surface area contributed by atoms with Crippen LogP contribution >= 0.6 is 0 Å². The van der Waals surface area contributed by atoms with Crippen LogP contribution in [0.25, 0.3) is 0 Å². The van der Waals surface area contributed by atoms with Gasteiger partial charge in [0.1, 0.15) is 18.1 Å². The number of nitrogens with one attached hydrogen (secondary N) is 1. The molecule has 0 aliphatic carbocycles. The van der Waals surface area contributed by atoms with Crippen molar-refractivity contribution < 1.29 is 23.5 Å². The van der Waals surface area contributed by atoms with E-state index in [1.165, 1.54) is 4.90 Å². The average molecular weight is 480 g/mol. The van der Waals surface area contributed by atoms with Crippen molar-refractivity contribution in [2.24, 2.45) is 0 Å². The van der Waals surface area contributed by atoms with Gasteiger partial charge in [0.15, 0.2) is 0 Å². The van der Waals surface area contributed by atoms with Gasteiger partial charge < -0.3 is 29.0 Å². The summed E-state index contributed by atoms with van der Waals surface area (Å²) >= 11 is 0. The number of anilines is 1. The first-order valence-electron chi connectivity index (χ1n) is 11.7. The van der Waals surface area contributed by atoms with E-state index in [2.05, 4.69) is 5.32 Å². The number of amides is 3. The van der Waals surface area contributed by atoms with Crippen molar-refractivity contribution in [3.05, 3.63) is 84.3 Å². The van der Waals surface area contributed by atoms with Gasteiger partial charge in [0.2, 0.25) is 5.91 Å². The van der Waals surface area contributed by atoms with E-state index in [0.717, 1.165) is 5.56 Å². The highest BCUT2D eigenvalue weighted by Crippen LogP contribution is 2.24. The Morgan fingerprint density at radius 1 is 0.943 bits per heavy atom. The predicted molar refractivity (Wildman–Crippen MR) is 134 cm³/mol. The number of nitrogens with zero attached hydrogens (tertiary/aromatic N) is 2. The van der Waals surface area contributed by atoms with Crippen molar-refractivity contribution in [2.75, 3.05) is 45.3 Å². The molecule has 0 aliphatic rings. The Morgan fingerprint density at radius 3 is 2.43 bits per heavy atom. The number of methoxy groups -OCH3 is 1. The smallest absolute Gasteiger partial charge is 0.322 e. The Kier molecular flexibility index (Phi) is 10.2. The fourth-order valence-electron chi connectivity index (χ4n) is 3.55. The molecule has 3 amide bonds. The zero-order valence-electron chi connectivity index (χ0n) is 20.3. The molecule has 0 spiro atoms. The molecule has 186 valence electrons. The van der Waals surface area contributed by atoms with Gasteiger partial charge >= 0.3 is 6.03 Å². The topological polar surface area (TPSA) is 84.2 Å². The molecule has 8 heteroatoms. The quantitative estimate of drug-likeness (QED) is 0.392. The van der Waals surface area contributed by atoms with Gasteiger partial charge in [-0.2, -0.15) is 0 Å². The number of carbonyl (C=O) groups excluding carboxylic acids is 2. The Bertz CT molecular complexity index is 1040. The molecule has 3 aromatic rings. The Labute approximate surface area is 206 Å². The second-order valence-corrected chi connectivity index (χ2v) is 7.90. The number of urea groups is 1. The van der Waals surface area contributed by atoms with Crippen molar-refractivity contribution >= 4 is 17.6 Å². The maximum Gasteiger partial charge on any atom is 0.322 e. The molecule has 35 heavy (non-hydrogen) atoms. The summed E-state index contributed by atoms with van der Waals surface area (Å²) in [6, 6.07) is 20.4. The number of para-hydroxylation sites is 2. The Balaban J connectivity index is 1.71. The van der Waals surface area contributed by atoms with Gasteiger partial charge in [0.25, 0.3) is 0 Å². The summed E-state index contributed by atoms with van der Waals surface area (Å²) in [6.07, 6.45) is 2.28. The van der Waals surface area contributed by atoms with Crippen LogP contribution in [-0.4, -0.2) is 61.7 Å². The number of hydrogen-bond donors (Lipinski definition) is 1. The first-order chi connectivity index (χ1) is 17.1. The second kappa shape index (κ2) is 13.8. The summed E-state index contributed by atoms with van der Waals surface area (Å²) in [5.41, 5.74) is 1.68. The molecule has 0 unspecified atom stereocenters. The van der Waals surface area contributed by atoms with Crippen LogP contribution in [0, 0.1) is 0 Å². The van der Waals surface area contributed by atoms with E-state index >= 15 is 0 Å². The van der Waals surface area contributed by atoms with E-state index in [0.29, 0.717) is 49.9 Å². The Morgan fingerprint density at radius 2 is 1.71 bits per heavy atom. The monoisotopic (exact) mass is 479 g/mol. The summed E-state index contributed by atoms with van der Waals surface area (Å²) in [4.78, 5) is 29.7. The lowest BCUT2D eigenvalue weighted by Crippen LogP contribution is -2.46. The molecule has 0 saturated heterocycles. The minimum absolute atomic E-state index is 0.0957. The van der Waals surface area contributed by atoms with Gasteiger partial charge in [-0.15, -0.1) is 0 Å². The predicted octanol–water partition coefficient (Wildman–Crippen LogP) is 4.43. The molecule has 3 rings (SSSR count). The van der Waals surface area contributed by atoms with E-state index in [4.69, 9.17) is 13.9 Å². The number of hydrogen-bond acceptors (Lipinski definition) is 5. The molecular formula is C27H33N3O5. The molecule has 0 atom stereocenters. The molecule has 0 radical (unpaired) electrons. The highest BCUT2D eigenvalue weighted by molar-refractivity contribution is 5.93. The van der Waals surface area contributed by atoms with Crippen LogP contribution < -0.4 is 10.1 Å². The summed E-state index contributed by atoms with van der Waals surface area (Å²) in [5, 5.41) is 2.87. The van der Waals surface area contributed by atoms with Crippen molar-refractivity contribution in [2.45, 2.75) is 19.9 Å². The molecule has 1 heterocycles. The van der Waals surface area contributed by atoms with E-state index in [1.54, 1.807) is 36.5 Å². The van der Waals surface area contributed by atoms with Crippen LogP contribution in [0.5, 0.6) is 5.75 Å². The molecule has 1 aromatic heterocycles. The molecule has 8 nitrogen and oxygen atoms in total. The molecule has 0 aliphatic heterocycles. The summed E-state index contributed by atoms with van der Waals surface area (Å²) < 4.78 is 16.3. The van der Waals surface area contributed by atoms with Crippen LogP contribution in [-0.2, 0) is 22.5 Å². The van der Waals surface area contributed by atoms with Gasteiger partial charge in [-0.05, 0) is 43.2 Å². The van der Waals surface area contributed by atoms with Crippen molar-refractivity contribution in [1.82, 2.24) is 9.80 Å². The lowest BCUT2D eigenvalue weighted by molar-refractivity contribution is -0.132. The minimum Gasteiger partial charge on any atom is -0.492 e. The maximum absolute atomic E-state index is 13.4. The summed E-state index contributed by atoms with van der Waals surface area (Å²) in [6.45, 7) is 3.64. The minimum atomic E-state index is -0.399. The third kappa shape index (κ3) is 8.19. The summed E-state index contributed by atoms with van der Waals surface area (Å²) in [7, 11) is 1.56. The molecule has 0 bridgehead atoms. The summed E-state index contributed by atoms with van der Waals surface area (Å²) in [5.74, 6) is 1.08. The number of carbonyl (C=O) groups is 2. The van der Waals surface area contributed by atoms with Crippen LogP contribution in [0.15, 0.2) is 77.4 Å². The van der Waals surface area contributed by atoms with E-state index in [9.17, 15) is 9.59 Å². The highest BCUT2D eigenvalue weighted by Gasteiger charge is 2.23. The maximum atomic E-state index is 13.4. The van der Waals surface area contributed by atoms with Crippen LogP contribution in [0.1, 0.15) is 18.2 Å². The van der Waals surface area contributed by atoms with Gasteiger partial charge in [0, 0.05) is 20.2 Å². The highest BCUT2D eigenvalue weighted by atomic mass is 16.5. The van der Waals surface area contributed by atoms with Crippen LogP contribution in [0.2, 0.25) is 0 Å². The van der Waals surface area contributed by atoms with E-state index < -0.39 is 6.03 Å². The fourth-order valence-corrected chi connectivity index (χ4v) is 3.55. The number of furan rings is 1. The van der Waals surface area contributed by atoms with Crippen molar-refractivity contribution in [3.63, 3.8) is 0 Å². The SMILES string of the molecule is CCOc1ccccc1NC(=O)N(CCOC)CC(=O)N(CCc1ccccc1)Cc1ccco1. The van der Waals surface area contributed by atoms with Gasteiger partial charge in [-0.25, -0.2) is 4.79 Å². The average Bonchev–Trinajstić information content (AvgIpc) is 3.39. The van der Waals surface area contributed by atoms with Crippen LogP contribution in [0.3, 0.4) is 0 Å². The van der Waals surface area contributed by atoms with E-state index in [-0.39, 0.29) is 19.0 Å².